The van der Waals surface area contributed by atoms with Gasteiger partial charge in [0.05, 0.1) is 11.8 Å². The van der Waals surface area contributed by atoms with Crippen molar-refractivity contribution in [3.05, 3.63) is 0 Å². The number of nitrogens with one attached hydrogen (secondary N) is 1. The van der Waals surface area contributed by atoms with Gasteiger partial charge in [0.1, 0.15) is 0 Å². The van der Waals surface area contributed by atoms with Crippen LogP contribution in [-0.2, 0) is 14.8 Å². The average molecular weight is 319 g/mol. The maximum atomic E-state index is 12.1. The van der Waals surface area contributed by atoms with Gasteiger partial charge >= 0.3 is 0 Å². The zero-order chi connectivity index (χ0) is 16.3. The van der Waals surface area contributed by atoms with Crippen LogP contribution in [0.25, 0.3) is 0 Å². The van der Waals surface area contributed by atoms with Gasteiger partial charge in [-0.15, -0.1) is 0 Å². The molecule has 0 spiro atoms. The first-order valence-electron chi connectivity index (χ1n) is 7.61. The van der Waals surface area contributed by atoms with Crippen molar-refractivity contribution in [2.75, 3.05) is 18.8 Å². The first kappa shape index (κ1) is 18.4. The van der Waals surface area contributed by atoms with Crippen molar-refractivity contribution in [2.24, 2.45) is 11.1 Å². The van der Waals surface area contributed by atoms with Crippen LogP contribution < -0.4 is 11.1 Å². The van der Waals surface area contributed by atoms with Crippen LogP contribution in [0.3, 0.4) is 0 Å². The van der Waals surface area contributed by atoms with Crippen molar-refractivity contribution in [1.29, 1.82) is 0 Å². The normalized spacial score (nSPS) is 20.2. The quantitative estimate of drug-likeness (QED) is 0.779. The summed E-state index contributed by atoms with van der Waals surface area (Å²) in [6, 6.07) is -0.543. The molecule has 21 heavy (non-hydrogen) atoms. The molecule has 0 saturated carbocycles. The van der Waals surface area contributed by atoms with Gasteiger partial charge in [-0.05, 0) is 24.7 Å². The molecule has 0 aromatic heterocycles. The van der Waals surface area contributed by atoms with Crippen LogP contribution in [0, 0.1) is 5.41 Å². The number of hydrogen-bond donors (Lipinski definition) is 2. The van der Waals surface area contributed by atoms with Crippen LogP contribution in [0.1, 0.15) is 47.0 Å². The van der Waals surface area contributed by atoms with Crippen molar-refractivity contribution >= 4 is 15.9 Å². The molecule has 1 aliphatic rings. The Bertz CT molecular complexity index is 449. The molecule has 1 heterocycles. The van der Waals surface area contributed by atoms with Gasteiger partial charge in [0.25, 0.3) is 0 Å². The molecule has 0 bridgehead atoms. The summed E-state index contributed by atoms with van der Waals surface area (Å²) >= 11 is 0. The molecule has 0 aliphatic carbocycles. The molecule has 1 rings (SSSR count). The Morgan fingerprint density at radius 2 is 1.86 bits per heavy atom. The molecule has 0 radical (unpaired) electrons. The molecule has 0 aromatic rings. The number of hydrogen-bond acceptors (Lipinski definition) is 4. The van der Waals surface area contributed by atoms with E-state index in [2.05, 4.69) is 5.32 Å². The second kappa shape index (κ2) is 7.07. The molecule has 1 fully saturated rings. The Morgan fingerprint density at radius 1 is 1.33 bits per heavy atom. The fourth-order valence-corrected chi connectivity index (χ4v) is 3.89. The predicted octanol–water partition coefficient (Wildman–Crippen LogP) is 0.680. The summed E-state index contributed by atoms with van der Waals surface area (Å²) in [5, 5.41) is 2.94. The highest BCUT2D eigenvalue weighted by atomic mass is 32.2. The Kier molecular flexibility index (Phi) is 6.19. The maximum Gasteiger partial charge on any atom is 0.237 e. The zero-order valence-corrected chi connectivity index (χ0v) is 14.4. The van der Waals surface area contributed by atoms with Gasteiger partial charge < -0.3 is 11.1 Å². The van der Waals surface area contributed by atoms with Crippen molar-refractivity contribution in [2.45, 2.75) is 59.0 Å². The number of carbonyl (C=O) groups excluding carboxylic acids is 1. The van der Waals surface area contributed by atoms with Crippen molar-refractivity contribution in [3.63, 3.8) is 0 Å². The van der Waals surface area contributed by atoms with E-state index >= 15 is 0 Å². The number of piperidine rings is 1. The van der Waals surface area contributed by atoms with Gasteiger partial charge in [0.15, 0.2) is 0 Å². The van der Waals surface area contributed by atoms with E-state index < -0.39 is 16.1 Å². The molecule has 3 N–H and O–H groups in total. The molecular formula is C14H29N3O3S. The number of nitrogens with zero attached hydrogens (tertiary/aromatic N) is 1. The molecular weight excluding hydrogens is 290 g/mol. The van der Waals surface area contributed by atoms with Crippen LogP contribution in [0.4, 0.5) is 0 Å². The van der Waals surface area contributed by atoms with Crippen LogP contribution in [0.5, 0.6) is 0 Å². The number of amides is 1. The standard InChI is InChI=1S/C14H29N3O3S/c1-5-10-21(19,20)17-8-6-11(7-9-17)16-13(18)12(15)14(2,3)4/h11-12H,5-10,15H2,1-4H3,(H,16,18)/t12-/m0/s1. The average Bonchev–Trinajstić information content (AvgIpc) is 2.37. The molecule has 124 valence electrons. The summed E-state index contributed by atoms with van der Waals surface area (Å²) in [7, 11) is -3.13. The van der Waals surface area contributed by atoms with Crippen molar-refractivity contribution in [3.8, 4) is 0 Å². The van der Waals surface area contributed by atoms with Crippen molar-refractivity contribution in [1.82, 2.24) is 9.62 Å². The smallest absolute Gasteiger partial charge is 0.237 e. The van der Waals surface area contributed by atoms with E-state index in [0.717, 1.165) is 0 Å². The number of nitrogens with two attached hydrogens (primary N) is 1. The van der Waals surface area contributed by atoms with E-state index in [1.807, 2.05) is 27.7 Å². The Balaban J connectivity index is 2.49. The molecule has 1 saturated heterocycles. The lowest BCUT2D eigenvalue weighted by molar-refractivity contribution is -0.125. The minimum absolute atomic E-state index is 0.0129. The molecule has 0 unspecified atom stereocenters. The summed E-state index contributed by atoms with van der Waals surface area (Å²) in [5.74, 6) is 0.0382. The summed E-state index contributed by atoms with van der Waals surface area (Å²) < 4.78 is 25.5. The highest BCUT2D eigenvalue weighted by Gasteiger charge is 2.31. The van der Waals surface area contributed by atoms with Crippen LogP contribution in [0.2, 0.25) is 0 Å². The number of rotatable bonds is 5. The van der Waals surface area contributed by atoms with Gasteiger partial charge in [-0.2, -0.15) is 0 Å². The molecule has 1 amide bonds. The van der Waals surface area contributed by atoms with Crippen LogP contribution in [0.15, 0.2) is 0 Å². The van der Waals surface area contributed by atoms with Gasteiger partial charge in [0, 0.05) is 19.1 Å². The lowest BCUT2D eigenvalue weighted by Crippen LogP contribution is -2.54. The van der Waals surface area contributed by atoms with Gasteiger partial charge in [0.2, 0.25) is 15.9 Å². The highest BCUT2D eigenvalue weighted by molar-refractivity contribution is 7.89. The Hall–Kier alpha value is -0.660. The molecule has 7 heteroatoms. The third-order valence-electron chi connectivity index (χ3n) is 3.87. The lowest BCUT2D eigenvalue weighted by Gasteiger charge is -2.33. The van der Waals surface area contributed by atoms with E-state index in [1.165, 1.54) is 4.31 Å². The summed E-state index contributed by atoms with van der Waals surface area (Å²) in [6.45, 7) is 8.58. The third-order valence-corrected chi connectivity index (χ3v) is 5.95. The fourth-order valence-electron chi connectivity index (χ4n) is 2.35. The second-order valence-electron chi connectivity index (χ2n) is 6.84. The van der Waals surface area contributed by atoms with Gasteiger partial charge in [-0.3, -0.25) is 4.79 Å². The summed E-state index contributed by atoms with van der Waals surface area (Å²) in [5.41, 5.74) is 5.65. The van der Waals surface area contributed by atoms with E-state index in [9.17, 15) is 13.2 Å². The largest absolute Gasteiger partial charge is 0.352 e. The van der Waals surface area contributed by atoms with E-state index in [1.54, 1.807) is 0 Å². The number of carbonyl (C=O) groups is 1. The first-order valence-corrected chi connectivity index (χ1v) is 9.22. The second-order valence-corrected chi connectivity index (χ2v) is 8.93. The third kappa shape index (κ3) is 5.23. The van der Waals surface area contributed by atoms with E-state index in [0.29, 0.717) is 32.4 Å². The lowest BCUT2D eigenvalue weighted by atomic mass is 9.86. The minimum Gasteiger partial charge on any atom is -0.352 e. The molecule has 0 aromatic carbocycles. The highest BCUT2D eigenvalue weighted by Crippen LogP contribution is 2.19. The Morgan fingerprint density at radius 3 is 2.29 bits per heavy atom. The summed E-state index contributed by atoms with van der Waals surface area (Å²) in [4.78, 5) is 12.1. The minimum atomic E-state index is -3.13. The van der Waals surface area contributed by atoms with E-state index in [-0.39, 0.29) is 23.1 Å². The van der Waals surface area contributed by atoms with E-state index in [4.69, 9.17) is 5.73 Å². The topological polar surface area (TPSA) is 92.5 Å². The van der Waals surface area contributed by atoms with Gasteiger partial charge in [-0.25, -0.2) is 12.7 Å². The van der Waals surface area contributed by atoms with Crippen LogP contribution >= 0.6 is 0 Å². The monoisotopic (exact) mass is 319 g/mol. The maximum absolute atomic E-state index is 12.1. The van der Waals surface area contributed by atoms with Crippen molar-refractivity contribution < 1.29 is 13.2 Å². The first-order chi connectivity index (χ1) is 9.58. The zero-order valence-electron chi connectivity index (χ0n) is 13.6. The predicted molar refractivity (Wildman–Crippen MR) is 84.2 cm³/mol. The fraction of sp³-hybridized carbons (Fsp3) is 0.929. The molecule has 1 atom stereocenters. The molecule has 6 nitrogen and oxygen atoms in total. The van der Waals surface area contributed by atoms with Gasteiger partial charge in [-0.1, -0.05) is 27.7 Å². The number of sulfonamides is 1. The summed E-state index contributed by atoms with van der Waals surface area (Å²) in [6.07, 6.45) is 1.91. The SMILES string of the molecule is CCCS(=O)(=O)N1CCC(NC(=O)[C@H](N)C(C)(C)C)CC1. The van der Waals surface area contributed by atoms with Crippen LogP contribution in [-0.4, -0.2) is 49.6 Å². The Labute approximate surface area is 128 Å². The molecule has 1 aliphatic heterocycles.